The molecular weight excluding hydrogens is 314 g/mol. The van der Waals surface area contributed by atoms with Crippen LogP contribution in [0.25, 0.3) is 0 Å². The first kappa shape index (κ1) is 18.1. The summed E-state index contributed by atoms with van der Waals surface area (Å²) in [6.45, 7) is 4.24. The summed E-state index contributed by atoms with van der Waals surface area (Å²) >= 11 is 0. The van der Waals surface area contributed by atoms with Crippen LogP contribution in [-0.2, 0) is 4.79 Å². The van der Waals surface area contributed by atoms with Gasteiger partial charge < -0.3 is 20.6 Å². The molecule has 1 heterocycles. The summed E-state index contributed by atoms with van der Waals surface area (Å²) in [5.74, 6) is 0.646. The largest absolute Gasteiger partial charge is 0.393 e. The summed E-state index contributed by atoms with van der Waals surface area (Å²) in [5.41, 5.74) is 2.11. The highest BCUT2D eigenvalue weighted by molar-refractivity contribution is 5.83. The molecule has 1 saturated carbocycles. The van der Waals surface area contributed by atoms with Gasteiger partial charge in [-0.3, -0.25) is 4.79 Å². The van der Waals surface area contributed by atoms with Gasteiger partial charge in [-0.25, -0.2) is 0 Å². The summed E-state index contributed by atoms with van der Waals surface area (Å²) in [5, 5.41) is 16.2. The Morgan fingerprint density at radius 1 is 1.16 bits per heavy atom. The molecule has 0 spiro atoms. The third-order valence-corrected chi connectivity index (χ3v) is 5.61. The van der Waals surface area contributed by atoms with E-state index in [1.807, 2.05) is 18.2 Å². The van der Waals surface area contributed by atoms with Gasteiger partial charge in [-0.05, 0) is 43.7 Å². The number of carbonyl (C=O) groups is 1. The fraction of sp³-hybridized carbons (Fsp3) is 0.650. The monoisotopic (exact) mass is 345 g/mol. The van der Waals surface area contributed by atoms with Crippen molar-refractivity contribution < 1.29 is 9.90 Å². The molecule has 2 atom stereocenters. The Kier molecular flexibility index (Phi) is 6.19. The minimum atomic E-state index is -0.181. The number of carbonyl (C=O) groups excluding carboxylic acids is 1. The Morgan fingerprint density at radius 3 is 2.64 bits per heavy atom. The second-order valence-corrected chi connectivity index (χ2v) is 7.52. The zero-order valence-corrected chi connectivity index (χ0v) is 15.2. The summed E-state index contributed by atoms with van der Waals surface area (Å²) in [6, 6.07) is 8.45. The van der Waals surface area contributed by atoms with Crippen LogP contribution in [0.3, 0.4) is 0 Å². The normalized spacial score (nSPS) is 24.8. The van der Waals surface area contributed by atoms with Crippen LogP contribution >= 0.6 is 0 Å². The van der Waals surface area contributed by atoms with Crippen molar-refractivity contribution in [1.82, 2.24) is 5.32 Å². The first-order valence-corrected chi connectivity index (χ1v) is 9.69. The maximum Gasteiger partial charge on any atom is 0.239 e. The Hall–Kier alpha value is -1.75. The lowest BCUT2D eigenvalue weighted by Gasteiger charge is -2.33. The number of nitrogens with zero attached hydrogens (tertiary/aromatic N) is 1. The van der Waals surface area contributed by atoms with Gasteiger partial charge in [0.2, 0.25) is 5.91 Å². The molecule has 1 amide bonds. The summed E-state index contributed by atoms with van der Waals surface area (Å²) in [7, 11) is 0. The number of aliphatic hydroxyl groups is 1. The minimum Gasteiger partial charge on any atom is -0.393 e. The van der Waals surface area contributed by atoms with Crippen molar-refractivity contribution in [3.05, 3.63) is 24.3 Å². The Balaban J connectivity index is 1.55. The molecule has 0 bridgehead atoms. The van der Waals surface area contributed by atoms with Crippen molar-refractivity contribution in [3.63, 3.8) is 0 Å². The third kappa shape index (κ3) is 4.88. The van der Waals surface area contributed by atoms with Gasteiger partial charge in [0.1, 0.15) is 0 Å². The molecule has 1 aliphatic carbocycles. The fourth-order valence-corrected chi connectivity index (χ4v) is 3.97. The van der Waals surface area contributed by atoms with Crippen LogP contribution in [0.1, 0.15) is 45.4 Å². The van der Waals surface area contributed by atoms with Crippen molar-refractivity contribution in [2.24, 2.45) is 5.92 Å². The lowest BCUT2D eigenvalue weighted by atomic mass is 9.86. The van der Waals surface area contributed by atoms with Crippen LogP contribution in [0.15, 0.2) is 24.3 Å². The van der Waals surface area contributed by atoms with Gasteiger partial charge in [0.25, 0.3) is 0 Å². The van der Waals surface area contributed by atoms with Crippen molar-refractivity contribution in [2.75, 3.05) is 29.9 Å². The molecule has 1 aliphatic heterocycles. The zero-order chi connectivity index (χ0) is 17.6. The molecule has 5 heteroatoms. The van der Waals surface area contributed by atoms with E-state index in [1.54, 1.807) is 0 Å². The number of aliphatic hydroxyl groups excluding tert-OH is 1. The number of hydrogen-bond acceptors (Lipinski definition) is 4. The molecule has 0 radical (unpaired) electrons. The quantitative estimate of drug-likeness (QED) is 0.768. The lowest BCUT2D eigenvalue weighted by molar-refractivity contribution is -0.120. The molecule has 2 aliphatic rings. The fourth-order valence-electron chi connectivity index (χ4n) is 3.97. The Labute approximate surface area is 150 Å². The van der Waals surface area contributed by atoms with Crippen LogP contribution in [0.5, 0.6) is 0 Å². The van der Waals surface area contributed by atoms with Crippen molar-refractivity contribution >= 4 is 17.3 Å². The van der Waals surface area contributed by atoms with Gasteiger partial charge >= 0.3 is 0 Å². The molecule has 1 aromatic carbocycles. The number of nitrogens with one attached hydrogen (secondary N) is 2. The molecule has 2 unspecified atom stereocenters. The van der Waals surface area contributed by atoms with Crippen LogP contribution in [-0.4, -0.2) is 42.8 Å². The number of hydrogen-bond donors (Lipinski definition) is 3. The molecule has 5 nitrogen and oxygen atoms in total. The number of anilines is 2. The number of amides is 1. The van der Waals surface area contributed by atoms with Gasteiger partial charge in [0, 0.05) is 19.1 Å². The van der Waals surface area contributed by atoms with E-state index in [0.29, 0.717) is 18.5 Å². The number of benzene rings is 1. The molecule has 25 heavy (non-hydrogen) atoms. The molecule has 0 aromatic heterocycles. The Bertz CT molecular complexity index is 570. The lowest BCUT2D eigenvalue weighted by Crippen LogP contribution is -2.43. The molecule has 138 valence electrons. The van der Waals surface area contributed by atoms with Gasteiger partial charge in [0.05, 0.1) is 24.0 Å². The number of piperidine rings is 1. The van der Waals surface area contributed by atoms with E-state index in [4.69, 9.17) is 0 Å². The van der Waals surface area contributed by atoms with Crippen molar-refractivity contribution in [2.45, 2.75) is 57.6 Å². The topological polar surface area (TPSA) is 64.6 Å². The third-order valence-electron chi connectivity index (χ3n) is 5.61. The average Bonchev–Trinajstić information content (AvgIpc) is 2.63. The predicted octanol–water partition coefficient (Wildman–Crippen LogP) is 2.75. The van der Waals surface area contributed by atoms with Crippen molar-refractivity contribution in [1.29, 1.82) is 0 Å². The highest BCUT2D eigenvalue weighted by atomic mass is 16.3. The second-order valence-electron chi connectivity index (χ2n) is 7.52. The number of para-hydroxylation sites is 2. The molecule has 1 aromatic rings. The van der Waals surface area contributed by atoms with Crippen LogP contribution in [0.2, 0.25) is 0 Å². The molecule has 2 fully saturated rings. The highest BCUT2D eigenvalue weighted by Crippen LogP contribution is 2.28. The van der Waals surface area contributed by atoms with Gasteiger partial charge in [-0.15, -0.1) is 0 Å². The second kappa shape index (κ2) is 8.56. The highest BCUT2D eigenvalue weighted by Gasteiger charge is 2.23. The molecular formula is C20H31N3O2. The van der Waals surface area contributed by atoms with E-state index >= 15 is 0 Å². The smallest absolute Gasteiger partial charge is 0.239 e. The van der Waals surface area contributed by atoms with Crippen LogP contribution in [0, 0.1) is 5.92 Å². The minimum absolute atomic E-state index is 0.0719. The summed E-state index contributed by atoms with van der Waals surface area (Å²) < 4.78 is 0. The van der Waals surface area contributed by atoms with E-state index in [0.717, 1.165) is 43.7 Å². The molecule has 3 rings (SSSR count). The van der Waals surface area contributed by atoms with Gasteiger partial charge in [-0.2, -0.15) is 0 Å². The maximum absolute atomic E-state index is 12.3. The van der Waals surface area contributed by atoms with Crippen molar-refractivity contribution in [3.8, 4) is 0 Å². The molecule has 1 saturated heterocycles. The summed E-state index contributed by atoms with van der Waals surface area (Å²) in [6.07, 6.45) is 6.22. The van der Waals surface area contributed by atoms with Crippen LogP contribution < -0.4 is 15.5 Å². The summed E-state index contributed by atoms with van der Waals surface area (Å²) in [4.78, 5) is 14.6. The van der Waals surface area contributed by atoms with E-state index in [2.05, 4.69) is 28.5 Å². The predicted molar refractivity (Wildman–Crippen MR) is 102 cm³/mol. The Morgan fingerprint density at radius 2 is 1.88 bits per heavy atom. The van der Waals surface area contributed by atoms with E-state index in [1.165, 1.54) is 19.3 Å². The van der Waals surface area contributed by atoms with E-state index in [-0.39, 0.29) is 12.0 Å². The first-order valence-electron chi connectivity index (χ1n) is 9.69. The van der Waals surface area contributed by atoms with E-state index < -0.39 is 0 Å². The standard InChI is InChI=1S/C20H31N3O2/c1-15-6-2-3-7-17(15)22-20(25)14-21-18-8-4-5-9-19(18)23-12-10-16(24)11-13-23/h4-5,8-9,15-17,21,24H,2-3,6-7,10-14H2,1H3,(H,22,25). The number of rotatable bonds is 5. The van der Waals surface area contributed by atoms with Crippen LogP contribution in [0.4, 0.5) is 11.4 Å². The van der Waals surface area contributed by atoms with Gasteiger partial charge in [0.15, 0.2) is 0 Å². The first-order chi connectivity index (χ1) is 12.1. The maximum atomic E-state index is 12.3. The average molecular weight is 345 g/mol. The SMILES string of the molecule is CC1CCCCC1NC(=O)CNc1ccccc1N1CCC(O)CC1. The van der Waals surface area contributed by atoms with Gasteiger partial charge in [-0.1, -0.05) is 31.9 Å². The molecule has 3 N–H and O–H groups in total. The van der Waals surface area contributed by atoms with E-state index in [9.17, 15) is 9.90 Å². The zero-order valence-electron chi connectivity index (χ0n) is 15.2.